The topological polar surface area (TPSA) is 12.0 Å². The van der Waals surface area contributed by atoms with Gasteiger partial charge in [0.05, 0.1) is 0 Å². The van der Waals surface area contributed by atoms with Gasteiger partial charge in [-0.3, -0.25) is 0 Å². The summed E-state index contributed by atoms with van der Waals surface area (Å²) >= 11 is 3.55. The fourth-order valence-corrected chi connectivity index (χ4v) is 2.73. The fourth-order valence-electron chi connectivity index (χ4n) is 2.35. The highest BCUT2D eigenvalue weighted by Crippen LogP contribution is 2.33. The van der Waals surface area contributed by atoms with Crippen molar-refractivity contribution in [1.82, 2.24) is 5.32 Å². The third kappa shape index (κ3) is 5.17. The minimum atomic E-state index is -0.159. The molecule has 0 amide bonds. The molecule has 0 aliphatic carbocycles. The second kappa shape index (κ2) is 7.04. The zero-order chi connectivity index (χ0) is 15.4. The van der Waals surface area contributed by atoms with E-state index in [1.54, 1.807) is 12.1 Å². The zero-order valence-electron chi connectivity index (χ0n) is 13.3. The van der Waals surface area contributed by atoms with Gasteiger partial charge >= 0.3 is 0 Å². The molecule has 0 bridgehead atoms. The Bertz CT molecular complexity index is 433. The first-order chi connectivity index (χ1) is 9.21. The summed E-state index contributed by atoms with van der Waals surface area (Å²) in [5, 5.41) is 3.61. The average molecular weight is 344 g/mol. The summed E-state index contributed by atoms with van der Waals surface area (Å²) in [5.74, 6) is -0.159. The van der Waals surface area contributed by atoms with Gasteiger partial charge in [0.25, 0.3) is 0 Å². The first-order valence-electron chi connectivity index (χ1n) is 7.40. The van der Waals surface area contributed by atoms with Crippen LogP contribution in [0.3, 0.4) is 0 Å². The van der Waals surface area contributed by atoms with Crippen LogP contribution in [-0.2, 0) is 6.42 Å². The van der Waals surface area contributed by atoms with Crippen molar-refractivity contribution in [3.05, 3.63) is 34.1 Å². The normalized spacial score (nSPS) is 12.8. The molecular formula is C17H27BrFN. The van der Waals surface area contributed by atoms with Crippen molar-refractivity contribution in [3.8, 4) is 0 Å². The van der Waals surface area contributed by atoms with Crippen LogP contribution in [0.5, 0.6) is 0 Å². The first kappa shape index (κ1) is 17.6. The Morgan fingerprint density at radius 1 is 1.15 bits per heavy atom. The number of hydrogen-bond donors (Lipinski definition) is 1. The Morgan fingerprint density at radius 2 is 1.75 bits per heavy atom. The van der Waals surface area contributed by atoms with Gasteiger partial charge in [0, 0.05) is 16.6 Å². The highest BCUT2D eigenvalue weighted by atomic mass is 79.9. The average Bonchev–Trinajstić information content (AvgIpc) is 2.38. The van der Waals surface area contributed by atoms with Crippen molar-refractivity contribution >= 4 is 15.9 Å². The minimum absolute atomic E-state index is 0.106. The third-order valence-corrected chi connectivity index (χ3v) is 4.84. The van der Waals surface area contributed by atoms with Gasteiger partial charge in [-0.05, 0) is 69.2 Å². The summed E-state index contributed by atoms with van der Waals surface area (Å²) in [7, 11) is 0. The smallest absolute Gasteiger partial charge is 0.123 e. The molecule has 0 heterocycles. The predicted octanol–water partition coefficient (Wildman–Crippen LogP) is 5.33. The fraction of sp³-hybridized carbons (Fsp3) is 0.647. The molecule has 0 aliphatic rings. The number of rotatable bonds is 6. The van der Waals surface area contributed by atoms with E-state index in [2.05, 4.69) is 55.9 Å². The van der Waals surface area contributed by atoms with Crippen LogP contribution in [-0.4, -0.2) is 12.1 Å². The SMILES string of the molecule is CCC(CC)(CNC(C)(C)C)Cc1cc(F)ccc1Br. The van der Waals surface area contributed by atoms with Gasteiger partial charge in [-0.2, -0.15) is 0 Å². The maximum absolute atomic E-state index is 13.5. The molecule has 0 fully saturated rings. The molecular weight excluding hydrogens is 317 g/mol. The number of benzene rings is 1. The van der Waals surface area contributed by atoms with Gasteiger partial charge < -0.3 is 5.32 Å². The van der Waals surface area contributed by atoms with E-state index in [1.807, 2.05) is 0 Å². The molecule has 0 aliphatic heterocycles. The molecule has 0 radical (unpaired) electrons. The molecule has 3 heteroatoms. The van der Waals surface area contributed by atoms with Crippen molar-refractivity contribution < 1.29 is 4.39 Å². The van der Waals surface area contributed by atoms with Crippen molar-refractivity contribution in [2.45, 2.75) is 59.4 Å². The Balaban J connectivity index is 2.93. The first-order valence-corrected chi connectivity index (χ1v) is 8.19. The molecule has 1 rings (SSSR count). The van der Waals surface area contributed by atoms with Crippen LogP contribution in [0, 0.1) is 11.2 Å². The molecule has 0 saturated carbocycles. The molecule has 0 unspecified atom stereocenters. The summed E-state index contributed by atoms with van der Waals surface area (Å²) in [4.78, 5) is 0. The lowest BCUT2D eigenvalue weighted by molar-refractivity contribution is 0.220. The number of nitrogens with one attached hydrogen (secondary N) is 1. The largest absolute Gasteiger partial charge is 0.312 e. The van der Waals surface area contributed by atoms with E-state index < -0.39 is 0 Å². The van der Waals surface area contributed by atoms with Crippen LogP contribution in [0.15, 0.2) is 22.7 Å². The molecule has 0 spiro atoms. The van der Waals surface area contributed by atoms with Crippen LogP contribution in [0.4, 0.5) is 4.39 Å². The van der Waals surface area contributed by atoms with E-state index in [-0.39, 0.29) is 16.8 Å². The van der Waals surface area contributed by atoms with Gasteiger partial charge in [-0.15, -0.1) is 0 Å². The van der Waals surface area contributed by atoms with Crippen molar-refractivity contribution in [2.75, 3.05) is 6.54 Å². The maximum atomic E-state index is 13.5. The molecule has 1 aromatic carbocycles. The van der Waals surface area contributed by atoms with Crippen LogP contribution >= 0.6 is 15.9 Å². The van der Waals surface area contributed by atoms with E-state index in [9.17, 15) is 4.39 Å². The molecule has 1 nitrogen and oxygen atoms in total. The highest BCUT2D eigenvalue weighted by molar-refractivity contribution is 9.10. The maximum Gasteiger partial charge on any atom is 0.123 e. The van der Waals surface area contributed by atoms with Gasteiger partial charge in [0.2, 0.25) is 0 Å². The highest BCUT2D eigenvalue weighted by Gasteiger charge is 2.28. The molecule has 1 N–H and O–H groups in total. The lowest BCUT2D eigenvalue weighted by Gasteiger charge is -2.36. The van der Waals surface area contributed by atoms with Gasteiger partial charge in [0.15, 0.2) is 0 Å². The van der Waals surface area contributed by atoms with E-state index in [0.29, 0.717) is 0 Å². The Kier molecular flexibility index (Phi) is 6.21. The van der Waals surface area contributed by atoms with Crippen LogP contribution in [0.1, 0.15) is 53.0 Å². The monoisotopic (exact) mass is 343 g/mol. The van der Waals surface area contributed by atoms with E-state index in [0.717, 1.165) is 35.8 Å². The summed E-state index contributed by atoms with van der Waals surface area (Å²) in [5.41, 5.74) is 1.34. The molecule has 0 atom stereocenters. The standard InChI is InChI=1S/C17H27BrFN/c1-6-17(7-2,12-20-16(3,4)5)11-13-10-14(19)8-9-15(13)18/h8-10,20H,6-7,11-12H2,1-5H3. The molecule has 20 heavy (non-hydrogen) atoms. The quantitative estimate of drug-likeness (QED) is 0.736. The van der Waals surface area contributed by atoms with E-state index >= 15 is 0 Å². The predicted molar refractivity (Wildman–Crippen MR) is 88.6 cm³/mol. The molecule has 0 saturated heterocycles. The summed E-state index contributed by atoms with van der Waals surface area (Å²) in [6, 6.07) is 4.96. The van der Waals surface area contributed by atoms with Crippen LogP contribution in [0.2, 0.25) is 0 Å². The molecule has 0 aromatic heterocycles. The van der Waals surface area contributed by atoms with E-state index in [4.69, 9.17) is 0 Å². The summed E-state index contributed by atoms with van der Waals surface area (Å²) < 4.78 is 14.5. The van der Waals surface area contributed by atoms with Crippen molar-refractivity contribution in [3.63, 3.8) is 0 Å². The minimum Gasteiger partial charge on any atom is -0.312 e. The summed E-state index contributed by atoms with van der Waals surface area (Å²) in [6.07, 6.45) is 3.05. The van der Waals surface area contributed by atoms with Gasteiger partial charge in [0.1, 0.15) is 5.82 Å². The Labute approximate surface area is 131 Å². The third-order valence-electron chi connectivity index (χ3n) is 4.07. The van der Waals surface area contributed by atoms with Gasteiger partial charge in [-0.25, -0.2) is 4.39 Å². The Hall–Kier alpha value is -0.410. The van der Waals surface area contributed by atoms with Crippen LogP contribution < -0.4 is 5.32 Å². The number of halogens is 2. The number of hydrogen-bond acceptors (Lipinski definition) is 1. The molecule has 1 aromatic rings. The van der Waals surface area contributed by atoms with E-state index in [1.165, 1.54) is 6.07 Å². The second-order valence-electron chi connectivity index (χ2n) is 6.72. The van der Waals surface area contributed by atoms with Crippen molar-refractivity contribution in [1.29, 1.82) is 0 Å². The van der Waals surface area contributed by atoms with Gasteiger partial charge in [-0.1, -0.05) is 29.8 Å². The lowest BCUT2D eigenvalue weighted by atomic mass is 9.76. The molecule has 114 valence electrons. The lowest BCUT2D eigenvalue weighted by Crippen LogP contribution is -2.44. The zero-order valence-corrected chi connectivity index (χ0v) is 14.9. The summed E-state index contributed by atoms with van der Waals surface area (Å²) in [6.45, 7) is 11.9. The van der Waals surface area contributed by atoms with Crippen LogP contribution in [0.25, 0.3) is 0 Å². The Morgan fingerprint density at radius 3 is 2.25 bits per heavy atom. The second-order valence-corrected chi connectivity index (χ2v) is 7.58. The van der Waals surface area contributed by atoms with Crippen molar-refractivity contribution in [2.24, 2.45) is 5.41 Å².